The highest BCUT2D eigenvalue weighted by atomic mass is 35.5. The summed E-state index contributed by atoms with van der Waals surface area (Å²) in [4.78, 5) is 5.15. The summed E-state index contributed by atoms with van der Waals surface area (Å²) in [6, 6.07) is 18.0. The van der Waals surface area contributed by atoms with Gasteiger partial charge in [-0.2, -0.15) is 5.10 Å². The minimum absolute atomic E-state index is 0.560. The molecule has 3 rings (SSSR count). The molecule has 0 spiro atoms. The molecule has 1 aromatic heterocycles. The number of nitrogens with zero attached hydrogens (tertiary/aromatic N) is 2. The molecule has 0 radical (unpaired) electrons. The van der Waals surface area contributed by atoms with E-state index in [1.54, 1.807) is 6.20 Å². The van der Waals surface area contributed by atoms with Crippen molar-refractivity contribution in [2.45, 2.75) is 13.5 Å². The van der Waals surface area contributed by atoms with Crippen LogP contribution in [0.4, 0.5) is 11.4 Å². The molecule has 0 saturated carbocycles. The average molecular weight is 357 g/mol. The van der Waals surface area contributed by atoms with E-state index in [0.717, 1.165) is 27.5 Å². The number of rotatable bonds is 6. The number of halogens is 1. The van der Waals surface area contributed by atoms with E-state index in [0.29, 0.717) is 11.0 Å². The zero-order chi connectivity index (χ0) is 16.8. The Balaban J connectivity index is 1.73. The molecule has 0 atom stereocenters. The molecule has 4 nitrogen and oxygen atoms in total. The van der Waals surface area contributed by atoms with Crippen molar-refractivity contribution >= 4 is 40.0 Å². The number of aromatic nitrogens is 1. The predicted molar refractivity (Wildman–Crippen MR) is 103 cm³/mol. The van der Waals surface area contributed by atoms with Crippen LogP contribution in [0.25, 0.3) is 0 Å². The van der Waals surface area contributed by atoms with Crippen LogP contribution >= 0.6 is 22.9 Å². The van der Waals surface area contributed by atoms with Gasteiger partial charge in [-0.1, -0.05) is 48.0 Å². The van der Waals surface area contributed by atoms with Crippen LogP contribution in [0.1, 0.15) is 17.4 Å². The highest BCUT2D eigenvalue weighted by molar-refractivity contribution is 7.15. The second-order valence-electron chi connectivity index (χ2n) is 5.15. The fourth-order valence-electron chi connectivity index (χ4n) is 2.22. The van der Waals surface area contributed by atoms with Crippen LogP contribution in [0.5, 0.6) is 0 Å². The molecule has 3 aromatic rings. The number of benzene rings is 2. The Bertz CT molecular complexity index is 830. The van der Waals surface area contributed by atoms with Gasteiger partial charge in [0, 0.05) is 22.3 Å². The number of nitrogens with one attached hydrogen (secondary N) is 2. The van der Waals surface area contributed by atoms with Gasteiger partial charge in [0.1, 0.15) is 0 Å². The summed E-state index contributed by atoms with van der Waals surface area (Å²) in [5.41, 5.74) is 7.03. The van der Waals surface area contributed by atoms with E-state index in [1.165, 1.54) is 11.3 Å². The lowest BCUT2D eigenvalue weighted by molar-refractivity contribution is 1.17. The van der Waals surface area contributed by atoms with Crippen LogP contribution in [-0.4, -0.2) is 10.7 Å². The highest BCUT2D eigenvalue weighted by Crippen LogP contribution is 2.21. The van der Waals surface area contributed by atoms with E-state index in [1.807, 2.05) is 61.5 Å². The Labute approximate surface area is 150 Å². The summed E-state index contributed by atoms with van der Waals surface area (Å²) in [5, 5.41) is 7.91. The van der Waals surface area contributed by atoms with Crippen LogP contribution in [0.3, 0.4) is 0 Å². The number of para-hydroxylation sites is 2. The Morgan fingerprint density at radius 2 is 1.88 bits per heavy atom. The summed E-state index contributed by atoms with van der Waals surface area (Å²) < 4.78 is 0.560. The molecule has 0 aliphatic heterocycles. The maximum absolute atomic E-state index is 5.88. The normalized spacial score (nSPS) is 11.3. The lowest BCUT2D eigenvalue weighted by Gasteiger charge is -2.11. The summed E-state index contributed by atoms with van der Waals surface area (Å²) in [7, 11) is 0. The number of hydrazone groups is 1. The first-order valence-electron chi connectivity index (χ1n) is 7.51. The molecule has 0 unspecified atom stereocenters. The molecular formula is C18H17ClN4S. The molecule has 0 saturated heterocycles. The van der Waals surface area contributed by atoms with E-state index in [9.17, 15) is 0 Å². The minimum Gasteiger partial charge on any atom is -0.380 e. The van der Waals surface area contributed by atoms with Gasteiger partial charge >= 0.3 is 0 Å². The maximum atomic E-state index is 5.88. The zero-order valence-electron chi connectivity index (χ0n) is 13.2. The van der Waals surface area contributed by atoms with Crippen molar-refractivity contribution in [1.29, 1.82) is 0 Å². The van der Waals surface area contributed by atoms with Crippen molar-refractivity contribution in [2.75, 3.05) is 10.7 Å². The van der Waals surface area contributed by atoms with Crippen LogP contribution in [0, 0.1) is 0 Å². The molecule has 122 valence electrons. The monoisotopic (exact) mass is 356 g/mol. The van der Waals surface area contributed by atoms with E-state index >= 15 is 0 Å². The van der Waals surface area contributed by atoms with Crippen LogP contribution in [0.2, 0.25) is 4.47 Å². The number of hydrogen-bond donors (Lipinski definition) is 2. The first kappa shape index (κ1) is 16.5. The summed E-state index contributed by atoms with van der Waals surface area (Å²) in [6.07, 6.45) is 1.79. The number of anilines is 2. The van der Waals surface area contributed by atoms with Gasteiger partial charge in [-0.3, -0.25) is 5.43 Å². The van der Waals surface area contributed by atoms with E-state index in [-0.39, 0.29) is 0 Å². The molecule has 2 aromatic carbocycles. The van der Waals surface area contributed by atoms with Crippen molar-refractivity contribution in [3.63, 3.8) is 0 Å². The van der Waals surface area contributed by atoms with Gasteiger partial charge in [0.05, 0.1) is 17.9 Å². The molecule has 0 fully saturated rings. The highest BCUT2D eigenvalue weighted by Gasteiger charge is 2.06. The van der Waals surface area contributed by atoms with Gasteiger partial charge in [-0.15, -0.1) is 11.3 Å². The van der Waals surface area contributed by atoms with Gasteiger partial charge in [-0.05, 0) is 25.1 Å². The van der Waals surface area contributed by atoms with E-state index < -0.39 is 0 Å². The summed E-state index contributed by atoms with van der Waals surface area (Å²) in [6.45, 7) is 2.67. The molecule has 0 amide bonds. The van der Waals surface area contributed by atoms with Gasteiger partial charge < -0.3 is 5.32 Å². The van der Waals surface area contributed by atoms with Gasteiger partial charge in [0.2, 0.25) is 0 Å². The second-order valence-corrected chi connectivity index (χ2v) is 6.85. The first-order chi connectivity index (χ1) is 11.7. The fraction of sp³-hybridized carbons (Fsp3) is 0.111. The van der Waals surface area contributed by atoms with Crippen LogP contribution < -0.4 is 10.7 Å². The van der Waals surface area contributed by atoms with Gasteiger partial charge in [-0.25, -0.2) is 4.98 Å². The zero-order valence-corrected chi connectivity index (χ0v) is 14.7. The van der Waals surface area contributed by atoms with Gasteiger partial charge in [0.15, 0.2) is 4.47 Å². The van der Waals surface area contributed by atoms with Crippen LogP contribution in [-0.2, 0) is 6.54 Å². The Morgan fingerprint density at radius 1 is 1.12 bits per heavy atom. The van der Waals surface area contributed by atoms with Gasteiger partial charge in [0.25, 0.3) is 0 Å². The molecule has 2 N–H and O–H groups in total. The van der Waals surface area contributed by atoms with Crippen LogP contribution in [0.15, 0.2) is 65.9 Å². The minimum atomic E-state index is 0.560. The smallest absolute Gasteiger partial charge is 0.183 e. The van der Waals surface area contributed by atoms with Crippen molar-refractivity contribution < 1.29 is 0 Å². The topological polar surface area (TPSA) is 49.3 Å². The summed E-state index contributed by atoms with van der Waals surface area (Å²) >= 11 is 7.35. The Morgan fingerprint density at radius 3 is 2.62 bits per heavy atom. The Hall–Kier alpha value is -2.37. The quantitative estimate of drug-likeness (QED) is 0.468. The fourth-order valence-corrected chi connectivity index (χ4v) is 3.14. The Kier molecular flexibility index (Phi) is 5.46. The predicted octanol–water partition coefficient (Wildman–Crippen LogP) is 5.24. The molecule has 0 aliphatic carbocycles. The molecule has 0 aliphatic rings. The lowest BCUT2D eigenvalue weighted by atomic mass is 10.1. The molecule has 1 heterocycles. The molecule has 24 heavy (non-hydrogen) atoms. The third-order valence-corrected chi connectivity index (χ3v) is 4.54. The first-order valence-corrected chi connectivity index (χ1v) is 8.70. The van der Waals surface area contributed by atoms with Crippen molar-refractivity contribution in [2.24, 2.45) is 5.10 Å². The lowest BCUT2D eigenvalue weighted by Crippen LogP contribution is -2.06. The molecule has 6 heteroatoms. The number of hydrogen-bond acceptors (Lipinski definition) is 5. The third kappa shape index (κ3) is 4.34. The van der Waals surface area contributed by atoms with Crippen molar-refractivity contribution in [3.05, 3.63) is 75.7 Å². The van der Waals surface area contributed by atoms with Crippen molar-refractivity contribution in [1.82, 2.24) is 4.98 Å². The summed E-state index contributed by atoms with van der Waals surface area (Å²) in [5.74, 6) is 0. The van der Waals surface area contributed by atoms with Crippen molar-refractivity contribution in [3.8, 4) is 0 Å². The SMILES string of the molecule is CC(=NNc1ccccc1)c1ccccc1NCc1cnc(Cl)s1. The number of thiazole rings is 1. The second kappa shape index (κ2) is 7.95. The molecule has 0 bridgehead atoms. The molecular weight excluding hydrogens is 340 g/mol. The van der Waals surface area contributed by atoms with E-state index in [2.05, 4.69) is 20.8 Å². The maximum Gasteiger partial charge on any atom is 0.183 e. The van der Waals surface area contributed by atoms with E-state index in [4.69, 9.17) is 11.6 Å². The largest absolute Gasteiger partial charge is 0.380 e. The standard InChI is InChI=1S/C18H17ClN4S/c1-13(22-23-14-7-3-2-4-8-14)16-9-5-6-10-17(16)20-11-15-12-21-18(19)24-15/h2-10,12,20,23H,11H2,1H3. The average Bonchev–Trinajstić information content (AvgIpc) is 3.04. The third-order valence-electron chi connectivity index (χ3n) is 3.42.